The molecule has 6 nitrogen and oxygen atoms in total. The molecule has 1 aromatic heterocycles. The smallest absolute Gasteiger partial charge is 0.265 e. The molecule has 0 saturated heterocycles. The molecule has 2 N–H and O–H groups in total. The Kier molecular flexibility index (Phi) is 4.77. The van der Waals surface area contributed by atoms with Crippen LogP contribution in [0.5, 0.6) is 0 Å². The zero-order valence-corrected chi connectivity index (χ0v) is 18.2. The van der Waals surface area contributed by atoms with E-state index in [1.807, 2.05) is 11.4 Å². The first-order valence-corrected chi connectivity index (χ1v) is 12.0. The minimum Gasteiger partial charge on any atom is -0.439 e. The second kappa shape index (κ2) is 7.51. The Morgan fingerprint density at radius 3 is 2.59 bits per heavy atom. The Bertz CT molecular complexity index is 1420. The van der Waals surface area contributed by atoms with Gasteiger partial charge < -0.3 is 10.5 Å². The average Bonchev–Trinajstić information content (AvgIpc) is 3.31. The highest BCUT2D eigenvalue weighted by Crippen LogP contribution is 2.51. The number of benzene rings is 2. The molecule has 32 heavy (non-hydrogen) atoms. The van der Waals surface area contributed by atoms with E-state index in [1.165, 1.54) is 27.8 Å². The second-order valence-corrected chi connectivity index (χ2v) is 9.94. The van der Waals surface area contributed by atoms with E-state index in [0.29, 0.717) is 22.4 Å². The number of thiophene rings is 1. The number of ether oxygens (including phenoxy) is 1. The highest BCUT2D eigenvalue weighted by atomic mass is 32.2. The van der Waals surface area contributed by atoms with Crippen molar-refractivity contribution in [1.82, 2.24) is 0 Å². The summed E-state index contributed by atoms with van der Waals surface area (Å²) < 4.78 is 48.4. The van der Waals surface area contributed by atoms with Crippen LogP contribution in [0.25, 0.3) is 5.76 Å². The molecule has 0 bridgehead atoms. The molecule has 0 spiro atoms. The quantitative estimate of drug-likeness (QED) is 0.618. The molecule has 2 aromatic carbocycles. The largest absolute Gasteiger partial charge is 0.439 e. The fourth-order valence-corrected chi connectivity index (χ4v) is 6.61. The van der Waals surface area contributed by atoms with Crippen LogP contribution in [0, 0.1) is 17.1 Å². The first kappa shape index (κ1) is 20.3. The molecule has 2 aliphatic rings. The third-order valence-corrected chi connectivity index (χ3v) is 8.06. The average molecular weight is 466 g/mol. The molecule has 0 radical (unpaired) electrons. The van der Waals surface area contributed by atoms with Crippen molar-refractivity contribution in [1.29, 1.82) is 5.26 Å². The molecule has 5 rings (SSSR count). The monoisotopic (exact) mass is 465 g/mol. The normalized spacial score (nSPS) is 19.1. The number of hydrogen-bond donors (Lipinski definition) is 1. The van der Waals surface area contributed by atoms with Crippen molar-refractivity contribution in [2.24, 2.45) is 5.73 Å². The maximum atomic E-state index is 14.0. The van der Waals surface area contributed by atoms with Crippen LogP contribution in [-0.2, 0) is 21.3 Å². The van der Waals surface area contributed by atoms with Gasteiger partial charge in [-0.05, 0) is 52.2 Å². The molecule has 0 aliphatic carbocycles. The Morgan fingerprint density at radius 1 is 1.16 bits per heavy atom. The van der Waals surface area contributed by atoms with E-state index in [-0.39, 0.29) is 28.7 Å². The number of allylic oxidation sites excluding steroid dienone is 2. The first-order valence-electron chi connectivity index (χ1n) is 9.62. The minimum absolute atomic E-state index is 0.00610. The van der Waals surface area contributed by atoms with Gasteiger partial charge in [-0.3, -0.25) is 4.31 Å². The number of sulfonamides is 1. The number of rotatable bonds is 3. The molecule has 1 atom stereocenters. The van der Waals surface area contributed by atoms with Gasteiger partial charge in [0.2, 0.25) is 5.88 Å². The summed E-state index contributed by atoms with van der Waals surface area (Å²) >= 11 is 1.40. The lowest BCUT2D eigenvalue weighted by Crippen LogP contribution is -2.39. The van der Waals surface area contributed by atoms with Crippen molar-refractivity contribution in [3.8, 4) is 6.07 Å². The first-order chi connectivity index (χ1) is 15.4. The topological polar surface area (TPSA) is 96.4 Å². The van der Waals surface area contributed by atoms with E-state index in [9.17, 15) is 18.1 Å². The van der Waals surface area contributed by atoms with Gasteiger partial charge in [0.1, 0.15) is 22.4 Å². The summed E-state index contributed by atoms with van der Waals surface area (Å²) in [6, 6.07) is 16.4. The van der Waals surface area contributed by atoms with Crippen LogP contribution in [0.2, 0.25) is 0 Å². The molecule has 160 valence electrons. The van der Waals surface area contributed by atoms with Crippen molar-refractivity contribution in [3.05, 3.63) is 104 Å². The Hall–Kier alpha value is -3.61. The van der Waals surface area contributed by atoms with Crippen molar-refractivity contribution in [2.75, 3.05) is 4.31 Å². The predicted octanol–water partition coefficient (Wildman–Crippen LogP) is 4.41. The number of nitrogens with zero attached hydrogens (tertiary/aromatic N) is 2. The predicted molar refractivity (Wildman–Crippen MR) is 120 cm³/mol. The second-order valence-electron chi connectivity index (χ2n) is 7.33. The zero-order valence-electron chi connectivity index (χ0n) is 16.5. The van der Waals surface area contributed by atoms with Crippen LogP contribution in [0.1, 0.15) is 22.6 Å². The summed E-state index contributed by atoms with van der Waals surface area (Å²) in [5, 5.41) is 13.4. The van der Waals surface area contributed by atoms with Gasteiger partial charge >= 0.3 is 0 Å². The van der Waals surface area contributed by atoms with Crippen molar-refractivity contribution >= 4 is 32.8 Å². The third kappa shape index (κ3) is 3.07. The number of halogens is 1. The number of nitrogens with two attached hydrogens (primary N) is 1. The lowest BCUT2D eigenvalue weighted by molar-refractivity contribution is 0.357. The zero-order chi connectivity index (χ0) is 22.5. The molecular formula is C23H16FN3O3S2. The van der Waals surface area contributed by atoms with Gasteiger partial charge in [0.15, 0.2) is 5.76 Å². The lowest BCUT2D eigenvalue weighted by atomic mass is 9.90. The van der Waals surface area contributed by atoms with Crippen molar-refractivity contribution in [3.63, 3.8) is 0 Å². The van der Waals surface area contributed by atoms with E-state index in [0.717, 1.165) is 0 Å². The van der Waals surface area contributed by atoms with Crippen LogP contribution in [0.4, 0.5) is 10.1 Å². The number of anilines is 1. The van der Waals surface area contributed by atoms with Crippen LogP contribution < -0.4 is 10.0 Å². The highest BCUT2D eigenvalue weighted by Gasteiger charge is 2.47. The molecule has 0 fully saturated rings. The Morgan fingerprint density at radius 2 is 1.91 bits per heavy atom. The van der Waals surface area contributed by atoms with Crippen molar-refractivity contribution < 1.29 is 17.5 Å². The summed E-state index contributed by atoms with van der Waals surface area (Å²) in [7, 11) is -4.13. The van der Waals surface area contributed by atoms with Gasteiger partial charge in [-0.1, -0.05) is 24.3 Å². The highest BCUT2D eigenvalue weighted by molar-refractivity contribution is 7.96. The van der Waals surface area contributed by atoms with E-state index in [2.05, 4.69) is 0 Å². The van der Waals surface area contributed by atoms with Gasteiger partial charge in [0.05, 0.1) is 18.2 Å². The molecule has 3 heterocycles. The summed E-state index contributed by atoms with van der Waals surface area (Å²) in [4.78, 5) is -0.0255. The van der Waals surface area contributed by atoms with Gasteiger partial charge in [-0.15, -0.1) is 0 Å². The number of nitriles is 1. The SMILES string of the molecule is N#CC1=C(N)OC2=C([C@@H]1c1ccsc1)S(=O)(=O)N(Cc1ccc(F)cc1)c1ccccc12. The van der Waals surface area contributed by atoms with E-state index in [1.54, 1.807) is 47.8 Å². The Labute approximate surface area is 188 Å². The fraction of sp³-hybridized carbons (Fsp3) is 0.0870. The van der Waals surface area contributed by atoms with Gasteiger partial charge in [-0.2, -0.15) is 16.6 Å². The van der Waals surface area contributed by atoms with Gasteiger partial charge in [-0.25, -0.2) is 12.8 Å². The third-order valence-electron chi connectivity index (χ3n) is 5.47. The molecule has 0 unspecified atom stereocenters. The summed E-state index contributed by atoms with van der Waals surface area (Å²) in [5.74, 6) is -1.27. The fourth-order valence-electron chi connectivity index (χ4n) is 4.01. The summed E-state index contributed by atoms with van der Waals surface area (Å²) in [5.41, 5.74) is 8.37. The standard InChI is InChI=1S/C23H16FN3O3S2/c24-16-7-5-14(6-8-16)12-27-19-4-2-1-3-17(19)21-22(32(27,28)29)20(15-9-10-31-13-15)18(11-25)23(26)30-21/h1-10,13,20H,12,26H2/t20-/m1/s1. The minimum atomic E-state index is -4.13. The number of hydrogen-bond acceptors (Lipinski definition) is 6. The van der Waals surface area contributed by atoms with Crippen LogP contribution in [0.15, 0.2) is 81.7 Å². The number of fused-ring (bicyclic) bond motifs is 2. The molecule has 3 aromatic rings. The van der Waals surface area contributed by atoms with Gasteiger partial charge in [0.25, 0.3) is 10.0 Å². The van der Waals surface area contributed by atoms with Crippen LogP contribution in [-0.4, -0.2) is 8.42 Å². The van der Waals surface area contributed by atoms with Gasteiger partial charge in [0, 0.05) is 5.56 Å². The summed E-state index contributed by atoms with van der Waals surface area (Å²) in [6.07, 6.45) is 0. The molecule has 0 amide bonds. The maximum Gasteiger partial charge on any atom is 0.265 e. The number of para-hydroxylation sites is 1. The van der Waals surface area contributed by atoms with Crippen LogP contribution >= 0.6 is 11.3 Å². The Balaban J connectivity index is 1.74. The lowest BCUT2D eigenvalue weighted by Gasteiger charge is -2.38. The molecule has 0 saturated carbocycles. The maximum absolute atomic E-state index is 14.0. The molecule has 9 heteroatoms. The van der Waals surface area contributed by atoms with Crippen LogP contribution in [0.3, 0.4) is 0 Å². The molecular weight excluding hydrogens is 449 g/mol. The van der Waals surface area contributed by atoms with E-state index >= 15 is 0 Å². The van der Waals surface area contributed by atoms with Crippen molar-refractivity contribution in [2.45, 2.75) is 12.5 Å². The molecule has 2 aliphatic heterocycles. The van der Waals surface area contributed by atoms with E-state index in [4.69, 9.17) is 10.5 Å². The summed E-state index contributed by atoms with van der Waals surface area (Å²) in [6.45, 7) is -0.00610. The van der Waals surface area contributed by atoms with E-state index < -0.39 is 21.8 Å².